The Labute approximate surface area is 225 Å². The Morgan fingerprint density at radius 1 is 1.00 bits per heavy atom. The van der Waals surface area contributed by atoms with Crippen LogP contribution in [0.5, 0.6) is 0 Å². The largest absolute Gasteiger partial charge is 0.480 e. The molecule has 39 heavy (non-hydrogen) atoms. The minimum absolute atomic E-state index is 0.144. The van der Waals surface area contributed by atoms with Crippen LogP contribution in [0.1, 0.15) is 24.2 Å². The summed E-state index contributed by atoms with van der Waals surface area (Å²) in [4.78, 5) is 36.3. The van der Waals surface area contributed by atoms with Crippen molar-refractivity contribution >= 4 is 45.5 Å². The van der Waals surface area contributed by atoms with Crippen molar-refractivity contribution in [2.45, 2.75) is 32.7 Å². The Morgan fingerprint density at radius 3 is 2.54 bits per heavy atom. The molecule has 0 bridgehead atoms. The zero-order chi connectivity index (χ0) is 27.1. The van der Waals surface area contributed by atoms with Gasteiger partial charge in [0.05, 0.1) is 0 Å². The highest BCUT2D eigenvalue weighted by atomic mass is 16.4. The molecule has 8 heteroatoms. The third-order valence-electron chi connectivity index (χ3n) is 7.34. The van der Waals surface area contributed by atoms with Crippen LogP contribution >= 0.6 is 0 Å². The third kappa shape index (κ3) is 4.69. The molecule has 0 spiro atoms. The number of carboxylic acids is 1. The van der Waals surface area contributed by atoms with E-state index in [-0.39, 0.29) is 18.2 Å². The SMILES string of the molecule is Cc1nc(N2C[C@@H](CC(=O)Nc3ccc(-c4ccccc4)cc3C)C[C@H]2C(=O)O)c2oc3ccccc3c2n1. The van der Waals surface area contributed by atoms with Crippen LogP contribution < -0.4 is 10.2 Å². The number of furan rings is 1. The molecule has 6 rings (SSSR count). The number of rotatable bonds is 6. The van der Waals surface area contributed by atoms with Gasteiger partial charge in [0.25, 0.3) is 0 Å². The Morgan fingerprint density at radius 2 is 1.77 bits per heavy atom. The molecule has 1 amide bonds. The Hall–Kier alpha value is -4.72. The second-order valence-corrected chi connectivity index (χ2v) is 10.1. The highest BCUT2D eigenvalue weighted by Crippen LogP contribution is 2.38. The first-order chi connectivity index (χ1) is 18.9. The van der Waals surface area contributed by atoms with Gasteiger partial charge in [0.2, 0.25) is 5.91 Å². The first-order valence-corrected chi connectivity index (χ1v) is 13.0. The smallest absolute Gasteiger partial charge is 0.326 e. The van der Waals surface area contributed by atoms with E-state index in [0.717, 1.165) is 27.8 Å². The number of hydrogen-bond acceptors (Lipinski definition) is 6. The van der Waals surface area contributed by atoms with Crippen molar-refractivity contribution < 1.29 is 19.1 Å². The lowest BCUT2D eigenvalue weighted by atomic mass is 10.0. The summed E-state index contributed by atoms with van der Waals surface area (Å²) in [6.45, 7) is 4.13. The number of carbonyl (C=O) groups excluding carboxylic acids is 1. The van der Waals surface area contributed by atoms with E-state index >= 15 is 0 Å². The van der Waals surface area contributed by atoms with E-state index in [4.69, 9.17) is 4.42 Å². The molecule has 1 aliphatic rings. The molecule has 2 atom stereocenters. The normalized spacial score (nSPS) is 17.1. The van der Waals surface area contributed by atoms with Crippen LogP contribution in [0.3, 0.4) is 0 Å². The van der Waals surface area contributed by atoms with Crippen molar-refractivity contribution in [3.63, 3.8) is 0 Å². The van der Waals surface area contributed by atoms with E-state index in [2.05, 4.69) is 33.5 Å². The van der Waals surface area contributed by atoms with E-state index in [0.29, 0.717) is 41.3 Å². The molecule has 2 aromatic heterocycles. The average molecular weight is 521 g/mol. The molecule has 3 heterocycles. The number of para-hydroxylation sites is 1. The number of fused-ring (bicyclic) bond motifs is 3. The molecule has 5 aromatic rings. The standard InChI is InChI=1S/C31H28N4O4/c1-18-14-22(21-8-4-3-5-9-21)12-13-24(18)34-27(36)16-20-15-25(31(37)38)35(17-20)30-29-28(32-19(2)33-30)23-10-6-7-11-26(23)39-29/h3-14,20,25H,15-17H2,1-2H3,(H,34,36)(H,37,38)/t20-,25+/m1/s1. The number of carbonyl (C=O) groups is 2. The topological polar surface area (TPSA) is 109 Å². The monoisotopic (exact) mass is 520 g/mol. The second-order valence-electron chi connectivity index (χ2n) is 10.1. The molecule has 0 radical (unpaired) electrons. The lowest BCUT2D eigenvalue weighted by molar-refractivity contribution is -0.138. The summed E-state index contributed by atoms with van der Waals surface area (Å²) < 4.78 is 6.09. The number of hydrogen-bond donors (Lipinski definition) is 2. The van der Waals surface area contributed by atoms with E-state index in [9.17, 15) is 14.7 Å². The van der Waals surface area contributed by atoms with Gasteiger partial charge in [-0.25, -0.2) is 14.8 Å². The minimum atomic E-state index is -0.953. The molecular weight excluding hydrogens is 492 g/mol. The van der Waals surface area contributed by atoms with Gasteiger partial charge < -0.3 is 19.7 Å². The predicted octanol–water partition coefficient (Wildman–Crippen LogP) is 5.97. The molecule has 1 fully saturated rings. The van der Waals surface area contributed by atoms with Gasteiger partial charge in [-0.05, 0) is 67.1 Å². The van der Waals surface area contributed by atoms with Crippen molar-refractivity contribution in [1.29, 1.82) is 0 Å². The van der Waals surface area contributed by atoms with E-state index in [1.807, 2.05) is 61.5 Å². The average Bonchev–Trinajstić information content (AvgIpc) is 3.52. The van der Waals surface area contributed by atoms with Gasteiger partial charge >= 0.3 is 5.97 Å². The van der Waals surface area contributed by atoms with E-state index in [1.54, 1.807) is 11.8 Å². The number of aromatic nitrogens is 2. The summed E-state index contributed by atoms with van der Waals surface area (Å²) in [5, 5.41) is 13.9. The highest BCUT2D eigenvalue weighted by Gasteiger charge is 2.40. The molecular formula is C31H28N4O4. The fourth-order valence-corrected chi connectivity index (χ4v) is 5.50. The first kappa shape index (κ1) is 24.6. The van der Waals surface area contributed by atoms with Crippen molar-refractivity contribution in [3.8, 4) is 11.1 Å². The maximum absolute atomic E-state index is 13.1. The summed E-state index contributed by atoms with van der Waals surface area (Å²) in [7, 11) is 0. The Bertz CT molecular complexity index is 1710. The minimum Gasteiger partial charge on any atom is -0.480 e. The predicted molar refractivity (Wildman–Crippen MR) is 151 cm³/mol. The Balaban J connectivity index is 1.22. The number of nitrogens with one attached hydrogen (secondary N) is 1. The molecule has 1 saturated heterocycles. The summed E-state index contributed by atoms with van der Waals surface area (Å²) in [6.07, 6.45) is 0.535. The molecule has 3 aromatic carbocycles. The zero-order valence-electron chi connectivity index (χ0n) is 21.7. The van der Waals surface area contributed by atoms with Crippen LogP contribution in [0.25, 0.3) is 33.2 Å². The number of amides is 1. The maximum atomic E-state index is 13.1. The maximum Gasteiger partial charge on any atom is 0.326 e. The molecule has 196 valence electrons. The van der Waals surface area contributed by atoms with Gasteiger partial charge in [-0.15, -0.1) is 0 Å². The van der Waals surface area contributed by atoms with Gasteiger partial charge in [-0.1, -0.05) is 48.5 Å². The third-order valence-corrected chi connectivity index (χ3v) is 7.34. The van der Waals surface area contributed by atoms with Crippen LogP contribution in [0.15, 0.2) is 77.2 Å². The molecule has 1 aliphatic heterocycles. The number of aryl methyl sites for hydroxylation is 2. The van der Waals surface area contributed by atoms with Gasteiger partial charge in [0.15, 0.2) is 11.4 Å². The van der Waals surface area contributed by atoms with Gasteiger partial charge in [0, 0.05) is 24.0 Å². The molecule has 8 nitrogen and oxygen atoms in total. The molecule has 0 unspecified atom stereocenters. The number of carboxylic acid groups (broad SMARTS) is 1. The fraction of sp³-hybridized carbons (Fsp3) is 0.226. The van der Waals surface area contributed by atoms with Crippen LogP contribution in [-0.4, -0.2) is 39.5 Å². The second kappa shape index (κ2) is 9.87. The van der Waals surface area contributed by atoms with Crippen molar-refractivity contribution in [1.82, 2.24) is 9.97 Å². The number of benzene rings is 3. The van der Waals surface area contributed by atoms with Crippen molar-refractivity contribution in [2.24, 2.45) is 5.92 Å². The lowest BCUT2D eigenvalue weighted by Crippen LogP contribution is -2.36. The summed E-state index contributed by atoms with van der Waals surface area (Å²) in [5.74, 6) is -0.273. The van der Waals surface area contributed by atoms with Crippen LogP contribution in [0.2, 0.25) is 0 Å². The number of anilines is 2. The lowest BCUT2D eigenvalue weighted by Gasteiger charge is -2.22. The quantitative estimate of drug-likeness (QED) is 0.284. The van der Waals surface area contributed by atoms with E-state index < -0.39 is 12.0 Å². The first-order valence-electron chi connectivity index (χ1n) is 13.0. The zero-order valence-corrected chi connectivity index (χ0v) is 21.7. The molecule has 0 aliphatic carbocycles. The van der Waals surface area contributed by atoms with E-state index in [1.165, 1.54) is 0 Å². The van der Waals surface area contributed by atoms with Crippen LogP contribution in [0.4, 0.5) is 11.5 Å². The van der Waals surface area contributed by atoms with Gasteiger partial charge in [0.1, 0.15) is 23.0 Å². The summed E-state index contributed by atoms with van der Waals surface area (Å²) in [6, 6.07) is 22.8. The Kier molecular flexibility index (Phi) is 6.23. The highest BCUT2D eigenvalue weighted by molar-refractivity contribution is 6.06. The van der Waals surface area contributed by atoms with Crippen LogP contribution in [0, 0.1) is 19.8 Å². The summed E-state index contributed by atoms with van der Waals surface area (Å²) >= 11 is 0. The number of nitrogens with zero attached hydrogens (tertiary/aromatic N) is 3. The summed E-state index contributed by atoms with van der Waals surface area (Å²) in [5.41, 5.74) is 5.70. The fourth-order valence-electron chi connectivity index (χ4n) is 5.50. The van der Waals surface area contributed by atoms with Crippen molar-refractivity contribution in [2.75, 3.05) is 16.8 Å². The van der Waals surface area contributed by atoms with Gasteiger partial charge in [-0.3, -0.25) is 4.79 Å². The molecule has 2 N–H and O–H groups in total. The van der Waals surface area contributed by atoms with Gasteiger partial charge in [-0.2, -0.15) is 0 Å². The van der Waals surface area contributed by atoms with Crippen molar-refractivity contribution in [3.05, 3.63) is 84.2 Å². The van der Waals surface area contributed by atoms with Crippen LogP contribution in [-0.2, 0) is 9.59 Å². The molecule has 0 saturated carbocycles. The number of aliphatic carboxylic acids is 1.